The average Bonchev–Trinajstić information content (AvgIpc) is 2.94. The van der Waals surface area contributed by atoms with Crippen molar-refractivity contribution in [3.05, 3.63) is 45.6 Å². The predicted molar refractivity (Wildman–Crippen MR) is 90.0 cm³/mol. The zero-order chi connectivity index (χ0) is 15.2. The van der Waals surface area contributed by atoms with Crippen LogP contribution in [0.2, 0.25) is 5.02 Å². The Bertz CT molecular complexity index is 601. The molecule has 0 fully saturated rings. The molecule has 1 aromatic heterocycles. The largest absolute Gasteiger partial charge is 0.397 e. The van der Waals surface area contributed by atoms with Gasteiger partial charge in [0.2, 0.25) is 5.91 Å². The summed E-state index contributed by atoms with van der Waals surface area (Å²) >= 11 is 7.58. The molecule has 0 bridgehead atoms. The lowest BCUT2D eigenvalue weighted by Gasteiger charge is -2.16. The van der Waals surface area contributed by atoms with E-state index in [4.69, 9.17) is 17.3 Å². The number of nitrogen functional groups attached to an aromatic ring is 1. The van der Waals surface area contributed by atoms with Crippen LogP contribution in [-0.4, -0.2) is 30.9 Å². The van der Waals surface area contributed by atoms with E-state index in [9.17, 15) is 4.79 Å². The lowest BCUT2D eigenvalue weighted by molar-refractivity contribution is -0.117. The smallest absolute Gasteiger partial charge is 0.238 e. The molecular weight excluding hydrogens is 306 g/mol. The van der Waals surface area contributed by atoms with Gasteiger partial charge in [0.1, 0.15) is 0 Å². The molecule has 0 saturated heterocycles. The second-order valence-electron chi connectivity index (χ2n) is 4.85. The van der Waals surface area contributed by atoms with Crippen molar-refractivity contribution < 1.29 is 4.79 Å². The van der Waals surface area contributed by atoms with Gasteiger partial charge in [-0.15, -0.1) is 11.3 Å². The number of likely N-dealkylation sites (N-methyl/N-ethyl adjacent to an activating group) is 1. The number of nitrogens with zero attached hydrogens (tertiary/aromatic N) is 1. The minimum absolute atomic E-state index is 0.0644. The number of carbonyl (C=O) groups is 1. The van der Waals surface area contributed by atoms with Gasteiger partial charge in [0.25, 0.3) is 0 Å². The molecule has 112 valence electrons. The molecule has 1 aromatic carbocycles. The normalized spacial score (nSPS) is 10.8. The Labute approximate surface area is 133 Å². The maximum absolute atomic E-state index is 12.0. The van der Waals surface area contributed by atoms with Crippen LogP contribution in [0, 0.1) is 0 Å². The first-order valence-electron chi connectivity index (χ1n) is 6.60. The third kappa shape index (κ3) is 5.04. The van der Waals surface area contributed by atoms with E-state index in [0.29, 0.717) is 22.9 Å². The summed E-state index contributed by atoms with van der Waals surface area (Å²) in [6.07, 6.45) is 0.954. The maximum Gasteiger partial charge on any atom is 0.238 e. The molecule has 0 aliphatic carbocycles. The fraction of sp³-hybridized carbons (Fsp3) is 0.267. The van der Waals surface area contributed by atoms with Crippen LogP contribution in [0.25, 0.3) is 0 Å². The minimum Gasteiger partial charge on any atom is -0.397 e. The Morgan fingerprint density at radius 3 is 2.90 bits per heavy atom. The number of rotatable bonds is 6. The van der Waals surface area contributed by atoms with Crippen molar-refractivity contribution in [3.8, 4) is 0 Å². The monoisotopic (exact) mass is 323 g/mol. The fourth-order valence-electron chi connectivity index (χ4n) is 1.90. The van der Waals surface area contributed by atoms with Gasteiger partial charge in [0, 0.05) is 17.1 Å². The highest BCUT2D eigenvalue weighted by Gasteiger charge is 2.08. The van der Waals surface area contributed by atoms with Crippen LogP contribution in [0.5, 0.6) is 0 Å². The highest BCUT2D eigenvalue weighted by atomic mass is 35.5. The van der Waals surface area contributed by atoms with E-state index >= 15 is 0 Å². The summed E-state index contributed by atoms with van der Waals surface area (Å²) < 4.78 is 0. The Hall–Kier alpha value is -1.56. The zero-order valence-electron chi connectivity index (χ0n) is 11.8. The summed E-state index contributed by atoms with van der Waals surface area (Å²) in [7, 11) is 1.93. The molecule has 3 N–H and O–H groups in total. The van der Waals surface area contributed by atoms with E-state index < -0.39 is 0 Å². The number of hydrogen-bond acceptors (Lipinski definition) is 4. The molecule has 0 unspecified atom stereocenters. The van der Waals surface area contributed by atoms with E-state index in [1.807, 2.05) is 18.0 Å². The molecule has 0 aliphatic heterocycles. The third-order valence-corrected chi connectivity index (χ3v) is 4.29. The Balaban J connectivity index is 1.79. The van der Waals surface area contributed by atoms with E-state index in [1.165, 1.54) is 4.88 Å². The zero-order valence-corrected chi connectivity index (χ0v) is 13.4. The van der Waals surface area contributed by atoms with E-state index in [2.05, 4.69) is 16.8 Å². The number of halogens is 1. The van der Waals surface area contributed by atoms with Gasteiger partial charge < -0.3 is 11.1 Å². The van der Waals surface area contributed by atoms with Gasteiger partial charge in [-0.25, -0.2) is 0 Å². The van der Waals surface area contributed by atoms with Crippen molar-refractivity contribution >= 4 is 40.2 Å². The van der Waals surface area contributed by atoms with Crippen LogP contribution in [0.4, 0.5) is 11.4 Å². The standard InChI is InChI=1S/C15H18ClN3OS/c1-19(7-6-12-3-2-8-21-12)10-15(20)18-11-4-5-13(16)14(17)9-11/h2-5,8-9H,6-7,10,17H2,1H3,(H,18,20). The predicted octanol–water partition coefficient (Wildman–Crippen LogP) is 3.10. The summed E-state index contributed by atoms with van der Waals surface area (Å²) in [5.41, 5.74) is 6.83. The molecule has 0 saturated carbocycles. The number of thiophene rings is 1. The number of benzene rings is 1. The van der Waals surface area contributed by atoms with Gasteiger partial charge in [0.05, 0.1) is 17.3 Å². The Morgan fingerprint density at radius 2 is 2.24 bits per heavy atom. The van der Waals surface area contributed by atoms with Gasteiger partial charge in [-0.2, -0.15) is 0 Å². The summed E-state index contributed by atoms with van der Waals surface area (Å²) in [5.74, 6) is -0.0644. The number of nitrogens with one attached hydrogen (secondary N) is 1. The third-order valence-electron chi connectivity index (χ3n) is 3.01. The van der Waals surface area contributed by atoms with Crippen molar-refractivity contribution in [3.63, 3.8) is 0 Å². The van der Waals surface area contributed by atoms with Gasteiger partial charge in [-0.1, -0.05) is 17.7 Å². The highest BCUT2D eigenvalue weighted by molar-refractivity contribution is 7.09. The molecule has 0 atom stereocenters. The molecular formula is C15H18ClN3OS. The van der Waals surface area contributed by atoms with Crippen molar-refractivity contribution in [2.75, 3.05) is 31.2 Å². The first-order valence-corrected chi connectivity index (χ1v) is 7.86. The second-order valence-corrected chi connectivity index (χ2v) is 6.29. The summed E-state index contributed by atoms with van der Waals surface area (Å²) in [4.78, 5) is 15.3. The molecule has 21 heavy (non-hydrogen) atoms. The fourth-order valence-corrected chi connectivity index (χ4v) is 2.72. The average molecular weight is 324 g/mol. The molecule has 6 heteroatoms. The van der Waals surface area contributed by atoms with E-state index in [1.54, 1.807) is 29.5 Å². The van der Waals surface area contributed by atoms with E-state index in [0.717, 1.165) is 13.0 Å². The first kappa shape index (κ1) is 15.8. The summed E-state index contributed by atoms with van der Waals surface area (Å²) in [6, 6.07) is 9.22. The van der Waals surface area contributed by atoms with Crippen LogP contribution in [0.1, 0.15) is 4.88 Å². The molecule has 2 aromatic rings. The molecule has 0 aliphatic rings. The topological polar surface area (TPSA) is 58.4 Å². The van der Waals surface area contributed by atoms with E-state index in [-0.39, 0.29) is 5.91 Å². The maximum atomic E-state index is 12.0. The Morgan fingerprint density at radius 1 is 1.43 bits per heavy atom. The van der Waals surface area contributed by atoms with Gasteiger partial charge in [0.15, 0.2) is 0 Å². The van der Waals surface area contributed by atoms with Crippen molar-refractivity contribution in [1.82, 2.24) is 4.90 Å². The number of nitrogens with two attached hydrogens (primary N) is 1. The van der Waals surface area contributed by atoms with Crippen LogP contribution >= 0.6 is 22.9 Å². The van der Waals surface area contributed by atoms with Crippen LogP contribution < -0.4 is 11.1 Å². The SMILES string of the molecule is CN(CCc1cccs1)CC(=O)Nc1ccc(Cl)c(N)c1. The van der Waals surface area contributed by atoms with Crippen LogP contribution in [0.3, 0.4) is 0 Å². The van der Waals surface area contributed by atoms with Crippen LogP contribution in [0.15, 0.2) is 35.7 Å². The molecule has 0 spiro atoms. The Kier molecular flexibility index (Phi) is 5.61. The summed E-state index contributed by atoms with van der Waals surface area (Å²) in [6.45, 7) is 1.19. The minimum atomic E-state index is -0.0644. The summed E-state index contributed by atoms with van der Waals surface area (Å²) in [5, 5.41) is 5.37. The van der Waals surface area contributed by atoms with Crippen LogP contribution in [-0.2, 0) is 11.2 Å². The lowest BCUT2D eigenvalue weighted by Crippen LogP contribution is -2.31. The molecule has 2 rings (SSSR count). The molecule has 1 heterocycles. The first-order chi connectivity index (χ1) is 10.0. The lowest BCUT2D eigenvalue weighted by atomic mass is 10.2. The van der Waals surface area contributed by atoms with Crippen molar-refractivity contribution in [1.29, 1.82) is 0 Å². The second kappa shape index (κ2) is 7.45. The highest BCUT2D eigenvalue weighted by Crippen LogP contribution is 2.22. The van der Waals surface area contributed by atoms with Gasteiger partial charge in [-0.05, 0) is 43.1 Å². The number of hydrogen-bond donors (Lipinski definition) is 2. The van der Waals surface area contributed by atoms with Gasteiger partial charge >= 0.3 is 0 Å². The van der Waals surface area contributed by atoms with Crippen molar-refractivity contribution in [2.24, 2.45) is 0 Å². The number of anilines is 2. The molecule has 0 radical (unpaired) electrons. The molecule has 4 nitrogen and oxygen atoms in total. The quantitative estimate of drug-likeness (QED) is 0.803. The number of carbonyl (C=O) groups excluding carboxylic acids is 1. The van der Waals surface area contributed by atoms with Crippen molar-refractivity contribution in [2.45, 2.75) is 6.42 Å². The van der Waals surface area contributed by atoms with Gasteiger partial charge in [-0.3, -0.25) is 9.69 Å². The molecule has 1 amide bonds. The number of amides is 1.